The van der Waals surface area contributed by atoms with Crippen LogP contribution in [0.1, 0.15) is 44.6 Å². The monoisotopic (exact) mass is 482 g/mol. The van der Waals surface area contributed by atoms with Crippen LogP contribution in [0, 0.1) is 0 Å². The van der Waals surface area contributed by atoms with Crippen LogP contribution in [0.4, 0.5) is 0 Å². The molecule has 1 aliphatic rings. The Morgan fingerprint density at radius 2 is 1.61 bits per heavy atom. The quantitative estimate of drug-likeness (QED) is 0.269. The van der Waals surface area contributed by atoms with Gasteiger partial charge in [-0.1, -0.05) is 0 Å². The molecule has 0 aromatic heterocycles. The van der Waals surface area contributed by atoms with Crippen molar-refractivity contribution >= 4 is 36.2 Å². The van der Waals surface area contributed by atoms with Crippen LogP contribution in [0.5, 0.6) is 0 Å². The SMILES string of the molecule is COC(C)(C(=O)O[C@H]1CCCCC[C@@H]1[Se]c1ccccc1)c1cccc2ccccc12. The van der Waals surface area contributed by atoms with Gasteiger partial charge in [0.05, 0.1) is 0 Å². The first kappa shape index (κ1) is 22.1. The van der Waals surface area contributed by atoms with Crippen molar-refractivity contribution in [2.45, 2.75) is 55.5 Å². The summed E-state index contributed by atoms with van der Waals surface area (Å²) in [5.74, 6) is -0.285. The maximum atomic E-state index is 13.6. The second-order valence-corrected chi connectivity index (χ2v) is 11.1. The molecule has 0 saturated heterocycles. The number of benzene rings is 3. The van der Waals surface area contributed by atoms with Gasteiger partial charge in [0.25, 0.3) is 0 Å². The summed E-state index contributed by atoms with van der Waals surface area (Å²) in [4.78, 5) is 14.0. The predicted molar refractivity (Wildman–Crippen MR) is 127 cm³/mol. The van der Waals surface area contributed by atoms with Gasteiger partial charge in [-0.3, -0.25) is 0 Å². The molecule has 31 heavy (non-hydrogen) atoms. The summed E-state index contributed by atoms with van der Waals surface area (Å²) in [6, 6.07) is 24.8. The molecule has 1 unspecified atom stereocenters. The van der Waals surface area contributed by atoms with Gasteiger partial charge in [-0.05, 0) is 0 Å². The number of carbonyl (C=O) groups excluding carboxylic acids is 1. The minimum absolute atomic E-state index is 0.0559. The Hall–Kier alpha value is -2.13. The van der Waals surface area contributed by atoms with Crippen molar-refractivity contribution in [3.05, 3.63) is 78.4 Å². The maximum absolute atomic E-state index is 13.6. The molecule has 0 radical (unpaired) electrons. The number of ether oxygens (including phenoxy) is 2. The van der Waals surface area contributed by atoms with Crippen LogP contribution in [-0.2, 0) is 19.9 Å². The normalized spacial score (nSPS) is 21.2. The van der Waals surface area contributed by atoms with E-state index in [1.54, 1.807) is 7.11 Å². The van der Waals surface area contributed by atoms with Gasteiger partial charge in [-0.2, -0.15) is 0 Å². The van der Waals surface area contributed by atoms with Gasteiger partial charge in [0, 0.05) is 0 Å². The van der Waals surface area contributed by atoms with Crippen molar-refractivity contribution < 1.29 is 14.3 Å². The molecule has 4 heteroatoms. The van der Waals surface area contributed by atoms with E-state index in [-0.39, 0.29) is 27.0 Å². The molecule has 162 valence electrons. The molecule has 0 amide bonds. The van der Waals surface area contributed by atoms with Gasteiger partial charge in [-0.25, -0.2) is 0 Å². The van der Waals surface area contributed by atoms with Crippen molar-refractivity contribution in [3.63, 3.8) is 0 Å². The first-order valence-electron chi connectivity index (χ1n) is 11.1. The van der Waals surface area contributed by atoms with Crippen molar-refractivity contribution in [1.82, 2.24) is 0 Å². The van der Waals surface area contributed by atoms with E-state index in [2.05, 4.69) is 42.5 Å². The molecule has 3 aromatic carbocycles. The molecule has 3 aromatic rings. The van der Waals surface area contributed by atoms with Crippen LogP contribution in [0.25, 0.3) is 10.8 Å². The van der Waals surface area contributed by atoms with E-state index in [0.29, 0.717) is 4.82 Å². The molecular formula is C27H30O3Se. The minimum atomic E-state index is -1.14. The fourth-order valence-corrected chi connectivity index (χ4v) is 7.09. The van der Waals surface area contributed by atoms with Crippen LogP contribution < -0.4 is 4.46 Å². The fraction of sp³-hybridized carbons (Fsp3) is 0.370. The average Bonchev–Trinajstić information content (AvgIpc) is 3.03. The zero-order valence-corrected chi connectivity index (χ0v) is 20.0. The Labute approximate surface area is 191 Å². The average molecular weight is 481 g/mol. The molecule has 0 N–H and O–H groups in total. The number of rotatable bonds is 6. The molecule has 0 aliphatic heterocycles. The number of esters is 1. The van der Waals surface area contributed by atoms with E-state index < -0.39 is 5.60 Å². The topological polar surface area (TPSA) is 35.5 Å². The summed E-state index contributed by atoms with van der Waals surface area (Å²) in [5, 5.41) is 2.12. The Kier molecular flexibility index (Phi) is 7.12. The van der Waals surface area contributed by atoms with Crippen LogP contribution in [0.3, 0.4) is 0 Å². The van der Waals surface area contributed by atoms with E-state index >= 15 is 0 Å². The second kappa shape index (κ2) is 9.99. The number of hydrogen-bond acceptors (Lipinski definition) is 3. The van der Waals surface area contributed by atoms with E-state index in [0.717, 1.165) is 35.6 Å². The van der Waals surface area contributed by atoms with Crippen LogP contribution in [-0.4, -0.2) is 34.1 Å². The Morgan fingerprint density at radius 1 is 0.903 bits per heavy atom. The van der Waals surface area contributed by atoms with Crippen molar-refractivity contribution in [3.8, 4) is 0 Å². The Morgan fingerprint density at radius 3 is 2.42 bits per heavy atom. The van der Waals surface area contributed by atoms with Crippen LogP contribution in [0.15, 0.2) is 72.8 Å². The van der Waals surface area contributed by atoms with Crippen LogP contribution >= 0.6 is 0 Å². The Balaban J connectivity index is 1.60. The number of fused-ring (bicyclic) bond motifs is 1. The van der Waals surface area contributed by atoms with Crippen LogP contribution in [0.2, 0.25) is 4.82 Å². The molecule has 1 aliphatic carbocycles. The zero-order chi connectivity index (χ0) is 21.7. The number of carbonyl (C=O) groups is 1. The van der Waals surface area contributed by atoms with Gasteiger partial charge in [0.1, 0.15) is 0 Å². The third kappa shape index (κ3) is 4.87. The summed E-state index contributed by atoms with van der Waals surface area (Å²) in [5.41, 5.74) is -0.283. The third-order valence-corrected chi connectivity index (χ3v) is 9.19. The molecule has 1 fully saturated rings. The number of hydrogen-bond donors (Lipinski definition) is 0. The van der Waals surface area contributed by atoms with Gasteiger partial charge in [0.2, 0.25) is 0 Å². The van der Waals surface area contributed by atoms with E-state index in [4.69, 9.17) is 9.47 Å². The first-order valence-corrected chi connectivity index (χ1v) is 12.9. The summed E-state index contributed by atoms with van der Waals surface area (Å²) < 4.78 is 13.5. The standard InChI is InChI=1S/C27H30O3Se/c1-27(29-2,23-17-11-13-20-12-9-10-16-22(20)23)26(28)30-24-18-7-4-8-19-25(24)31-21-14-5-3-6-15-21/h3,5-6,9-17,24-25H,4,7-8,18-19H2,1-2H3/t24-,25-,27?/m0/s1. The molecule has 0 bridgehead atoms. The fourth-order valence-electron chi connectivity index (χ4n) is 4.38. The molecule has 3 atom stereocenters. The summed E-state index contributed by atoms with van der Waals surface area (Å²) >= 11 is 0.277. The summed E-state index contributed by atoms with van der Waals surface area (Å²) in [6.07, 6.45) is 5.51. The molecule has 0 heterocycles. The third-order valence-electron chi connectivity index (χ3n) is 6.28. The molecule has 3 nitrogen and oxygen atoms in total. The molecular weight excluding hydrogens is 451 g/mol. The van der Waals surface area contributed by atoms with Crippen molar-refractivity contribution in [2.75, 3.05) is 7.11 Å². The zero-order valence-electron chi connectivity index (χ0n) is 18.3. The second-order valence-electron chi connectivity index (χ2n) is 8.32. The molecule has 1 saturated carbocycles. The van der Waals surface area contributed by atoms with E-state index in [1.165, 1.54) is 17.3 Å². The Bertz CT molecular complexity index is 1010. The first-order chi connectivity index (χ1) is 15.1. The summed E-state index contributed by atoms with van der Waals surface area (Å²) in [6.45, 7) is 1.84. The van der Waals surface area contributed by atoms with E-state index in [9.17, 15) is 4.79 Å². The number of methoxy groups -OCH3 is 1. The van der Waals surface area contributed by atoms with Gasteiger partial charge in [0.15, 0.2) is 0 Å². The molecule has 4 rings (SSSR count). The van der Waals surface area contributed by atoms with Gasteiger partial charge >= 0.3 is 191 Å². The molecule has 0 spiro atoms. The summed E-state index contributed by atoms with van der Waals surface area (Å²) in [7, 11) is 1.60. The van der Waals surface area contributed by atoms with Crippen molar-refractivity contribution in [2.24, 2.45) is 0 Å². The van der Waals surface area contributed by atoms with E-state index in [1.807, 2.05) is 37.3 Å². The van der Waals surface area contributed by atoms with Gasteiger partial charge in [-0.15, -0.1) is 0 Å². The van der Waals surface area contributed by atoms with Gasteiger partial charge < -0.3 is 0 Å². The predicted octanol–water partition coefficient (Wildman–Crippen LogP) is 5.40. The van der Waals surface area contributed by atoms with Crippen molar-refractivity contribution in [1.29, 1.82) is 0 Å².